The first kappa shape index (κ1) is 22.6. The van der Waals surface area contributed by atoms with Crippen LogP contribution in [0.15, 0.2) is 112 Å². The minimum Gasteiger partial charge on any atom is -0.278 e. The Labute approximate surface area is 217 Å². The first-order valence-corrected chi connectivity index (χ1v) is 13.2. The van der Waals surface area contributed by atoms with Gasteiger partial charge >= 0.3 is 0 Å². The summed E-state index contributed by atoms with van der Waals surface area (Å²) in [5, 5.41) is 9.64. The van der Waals surface area contributed by atoms with Gasteiger partial charge in [0.1, 0.15) is 0 Å². The third-order valence-electron chi connectivity index (χ3n) is 5.92. The minimum atomic E-state index is -0.0116. The maximum absolute atomic E-state index is 13.7. The van der Waals surface area contributed by atoms with E-state index < -0.39 is 0 Å². The van der Waals surface area contributed by atoms with Crippen LogP contribution in [-0.4, -0.2) is 31.4 Å². The van der Waals surface area contributed by atoms with Gasteiger partial charge in [-0.05, 0) is 55.0 Å². The van der Waals surface area contributed by atoms with E-state index in [9.17, 15) is 4.79 Å². The van der Waals surface area contributed by atoms with Gasteiger partial charge < -0.3 is 0 Å². The molecule has 0 unspecified atom stereocenters. The van der Waals surface area contributed by atoms with Crippen LogP contribution in [0.4, 0.5) is 11.4 Å². The van der Waals surface area contributed by atoms with Gasteiger partial charge in [0.15, 0.2) is 11.0 Å². The molecule has 0 saturated heterocycles. The van der Waals surface area contributed by atoms with E-state index in [4.69, 9.17) is 0 Å². The number of hydrogen-bond acceptors (Lipinski definition) is 6. The van der Waals surface area contributed by atoms with Crippen LogP contribution in [0.2, 0.25) is 0 Å². The molecule has 2 aromatic heterocycles. The van der Waals surface area contributed by atoms with E-state index in [1.165, 1.54) is 11.8 Å². The predicted octanol–water partition coefficient (Wildman–Crippen LogP) is 6.56. The Kier molecular flexibility index (Phi) is 6.04. The van der Waals surface area contributed by atoms with Crippen LogP contribution in [-0.2, 0) is 4.79 Å². The van der Waals surface area contributed by atoms with Crippen molar-refractivity contribution in [1.82, 2.24) is 19.7 Å². The lowest BCUT2D eigenvalue weighted by atomic mass is 10.2. The van der Waals surface area contributed by atoms with E-state index in [1.54, 1.807) is 24.2 Å². The second-order valence-corrected chi connectivity index (χ2v) is 10.3. The summed E-state index contributed by atoms with van der Waals surface area (Å²) in [6.07, 6.45) is 3.51. The Morgan fingerprint density at radius 2 is 1.50 bits per heavy atom. The van der Waals surface area contributed by atoms with Crippen LogP contribution in [0.1, 0.15) is 5.56 Å². The van der Waals surface area contributed by atoms with Gasteiger partial charge in [0.2, 0.25) is 5.91 Å². The number of pyridine rings is 1. The van der Waals surface area contributed by atoms with E-state index in [0.717, 1.165) is 38.0 Å². The molecule has 0 fully saturated rings. The summed E-state index contributed by atoms with van der Waals surface area (Å²) in [5.74, 6) is 0.893. The first-order valence-electron chi connectivity index (χ1n) is 11.4. The Hall–Kier alpha value is -3.88. The largest absolute Gasteiger partial charge is 0.278 e. The molecule has 3 heterocycles. The van der Waals surface area contributed by atoms with Crippen molar-refractivity contribution < 1.29 is 4.79 Å². The Morgan fingerprint density at radius 1 is 0.833 bits per heavy atom. The van der Waals surface area contributed by atoms with E-state index >= 15 is 0 Å². The fourth-order valence-electron chi connectivity index (χ4n) is 4.24. The summed E-state index contributed by atoms with van der Waals surface area (Å²) in [7, 11) is 0. The average molecular weight is 508 g/mol. The summed E-state index contributed by atoms with van der Waals surface area (Å²) in [6.45, 7) is 2.06. The Balaban J connectivity index is 1.36. The van der Waals surface area contributed by atoms with Gasteiger partial charge in [-0.3, -0.25) is 19.2 Å². The number of nitrogens with zero attached hydrogens (tertiary/aromatic N) is 5. The number of hydrogen-bond donors (Lipinski definition) is 0. The molecule has 3 aromatic carbocycles. The number of rotatable bonds is 5. The molecule has 0 N–H and O–H groups in total. The normalized spacial score (nSPS) is 12.2. The minimum absolute atomic E-state index is 0.0116. The molecular weight excluding hydrogens is 486 g/mol. The molecule has 0 bridgehead atoms. The molecule has 0 saturated carbocycles. The topological polar surface area (TPSA) is 63.9 Å². The summed E-state index contributed by atoms with van der Waals surface area (Å²) in [5.41, 5.74) is 4.74. The van der Waals surface area contributed by atoms with Crippen molar-refractivity contribution in [2.75, 3.05) is 10.7 Å². The Bertz CT molecular complexity index is 1520. The fourth-order valence-corrected chi connectivity index (χ4v) is 6.09. The molecule has 8 heteroatoms. The van der Waals surface area contributed by atoms with Crippen LogP contribution >= 0.6 is 23.5 Å². The molecule has 36 heavy (non-hydrogen) atoms. The molecule has 1 aliphatic heterocycles. The molecule has 0 radical (unpaired) electrons. The summed E-state index contributed by atoms with van der Waals surface area (Å²) in [6, 6.07) is 28.0. The zero-order valence-corrected chi connectivity index (χ0v) is 21.0. The number of amides is 1. The maximum atomic E-state index is 13.7. The molecule has 6 nitrogen and oxygen atoms in total. The number of benzene rings is 3. The monoisotopic (exact) mass is 507 g/mol. The highest BCUT2D eigenvalue weighted by atomic mass is 32.2. The van der Waals surface area contributed by atoms with Crippen LogP contribution < -0.4 is 4.90 Å². The quantitative estimate of drug-likeness (QED) is 0.251. The van der Waals surface area contributed by atoms with Crippen LogP contribution in [0.3, 0.4) is 0 Å². The van der Waals surface area contributed by atoms with Gasteiger partial charge in [-0.25, -0.2) is 0 Å². The first-order chi connectivity index (χ1) is 17.7. The molecule has 6 rings (SSSR count). The lowest BCUT2D eigenvalue weighted by molar-refractivity contribution is -0.115. The molecular formula is C28H21N5OS2. The highest BCUT2D eigenvalue weighted by Gasteiger charge is 2.28. The molecule has 0 spiro atoms. The standard InChI is InChI=1S/C28H21N5OS2/c1-19-9-2-3-11-21(19)33-27(20-10-8-16-29-17-20)30-31-28(33)35-18-26(34)32-22-12-4-6-14-24(22)36-25-15-7-5-13-23(25)32/h2-17H,18H2,1H3. The van der Waals surface area contributed by atoms with E-state index in [1.807, 2.05) is 76.2 Å². The van der Waals surface area contributed by atoms with Crippen molar-refractivity contribution in [2.24, 2.45) is 0 Å². The summed E-state index contributed by atoms with van der Waals surface area (Å²) < 4.78 is 2.01. The smallest absolute Gasteiger partial charge is 0.242 e. The third kappa shape index (κ3) is 4.08. The van der Waals surface area contributed by atoms with E-state index in [2.05, 4.69) is 40.3 Å². The lowest BCUT2D eigenvalue weighted by Crippen LogP contribution is -2.30. The predicted molar refractivity (Wildman–Crippen MR) is 144 cm³/mol. The molecule has 0 atom stereocenters. The van der Waals surface area contributed by atoms with Crippen molar-refractivity contribution in [1.29, 1.82) is 0 Å². The van der Waals surface area contributed by atoms with Gasteiger partial charge in [0, 0.05) is 27.7 Å². The van der Waals surface area contributed by atoms with Crippen molar-refractivity contribution in [3.05, 3.63) is 103 Å². The number of thioether (sulfide) groups is 1. The SMILES string of the molecule is Cc1ccccc1-n1c(SCC(=O)N2c3ccccc3Sc3ccccc32)nnc1-c1cccnc1. The highest BCUT2D eigenvalue weighted by molar-refractivity contribution is 8.00. The van der Waals surface area contributed by atoms with Crippen LogP contribution in [0.25, 0.3) is 17.1 Å². The second kappa shape index (κ2) is 9.64. The van der Waals surface area contributed by atoms with E-state index in [0.29, 0.717) is 11.0 Å². The third-order valence-corrected chi connectivity index (χ3v) is 7.96. The number of anilines is 2. The average Bonchev–Trinajstić information content (AvgIpc) is 3.34. The van der Waals surface area contributed by atoms with Crippen LogP contribution in [0, 0.1) is 6.92 Å². The number of carbonyl (C=O) groups excluding carboxylic acids is 1. The fraction of sp³-hybridized carbons (Fsp3) is 0.0714. The Morgan fingerprint density at radius 3 is 2.17 bits per heavy atom. The molecule has 176 valence electrons. The number of aromatic nitrogens is 4. The molecule has 0 aliphatic carbocycles. The second-order valence-electron chi connectivity index (χ2n) is 8.23. The zero-order valence-electron chi connectivity index (χ0n) is 19.4. The number of fused-ring (bicyclic) bond motifs is 2. The van der Waals surface area contributed by atoms with Crippen molar-refractivity contribution >= 4 is 40.8 Å². The summed E-state index contributed by atoms with van der Waals surface area (Å²) >= 11 is 3.08. The summed E-state index contributed by atoms with van der Waals surface area (Å²) in [4.78, 5) is 21.9. The highest BCUT2D eigenvalue weighted by Crippen LogP contribution is 2.48. The van der Waals surface area contributed by atoms with Gasteiger partial charge in [-0.1, -0.05) is 66.0 Å². The maximum Gasteiger partial charge on any atom is 0.242 e. The number of carbonyl (C=O) groups is 1. The van der Waals surface area contributed by atoms with Gasteiger partial charge in [-0.2, -0.15) is 0 Å². The molecule has 5 aromatic rings. The van der Waals surface area contributed by atoms with Gasteiger partial charge in [0.25, 0.3) is 0 Å². The van der Waals surface area contributed by atoms with Gasteiger partial charge in [0.05, 0.1) is 22.8 Å². The van der Waals surface area contributed by atoms with Crippen LogP contribution in [0.5, 0.6) is 0 Å². The number of para-hydroxylation sites is 3. The van der Waals surface area contributed by atoms with E-state index in [-0.39, 0.29) is 11.7 Å². The van der Waals surface area contributed by atoms with Crippen molar-refractivity contribution in [3.8, 4) is 17.1 Å². The van der Waals surface area contributed by atoms with Crippen molar-refractivity contribution in [3.63, 3.8) is 0 Å². The zero-order chi connectivity index (χ0) is 24.5. The molecule has 1 aliphatic rings. The van der Waals surface area contributed by atoms with Gasteiger partial charge in [-0.15, -0.1) is 10.2 Å². The molecule has 1 amide bonds. The lowest BCUT2D eigenvalue weighted by Gasteiger charge is -2.30. The van der Waals surface area contributed by atoms with Crippen molar-refractivity contribution in [2.45, 2.75) is 21.9 Å². The number of aryl methyl sites for hydroxylation is 1.